The Balaban J connectivity index is 2.06. The van der Waals surface area contributed by atoms with Gasteiger partial charge in [-0.15, -0.1) is 0 Å². The first-order valence-electron chi connectivity index (χ1n) is 7.67. The lowest BCUT2D eigenvalue weighted by molar-refractivity contribution is 0.0953. The first kappa shape index (κ1) is 16.7. The van der Waals surface area contributed by atoms with Crippen LogP contribution in [0.4, 0.5) is 4.39 Å². The van der Waals surface area contributed by atoms with Crippen LogP contribution in [0.2, 0.25) is 0 Å². The minimum atomic E-state index is -0.317. The molecule has 112 valence electrons. The van der Waals surface area contributed by atoms with Crippen molar-refractivity contribution in [3.63, 3.8) is 0 Å². The first-order chi connectivity index (χ1) is 9.63. The smallest absolute Gasteiger partial charge is 0.251 e. The van der Waals surface area contributed by atoms with Crippen LogP contribution in [-0.2, 0) is 0 Å². The quantitative estimate of drug-likeness (QED) is 0.660. The van der Waals surface area contributed by atoms with Crippen LogP contribution in [-0.4, -0.2) is 12.5 Å². The fourth-order valence-electron chi connectivity index (χ4n) is 2.08. The Morgan fingerprint density at radius 3 is 2.45 bits per heavy atom. The van der Waals surface area contributed by atoms with E-state index in [9.17, 15) is 9.18 Å². The highest BCUT2D eigenvalue weighted by Crippen LogP contribution is 2.12. The Bertz CT molecular complexity index is 388. The molecule has 0 bridgehead atoms. The van der Waals surface area contributed by atoms with E-state index >= 15 is 0 Å². The molecule has 0 heterocycles. The number of nitrogens with one attached hydrogen (secondary N) is 1. The lowest BCUT2D eigenvalue weighted by Gasteiger charge is -2.08. The number of halogens is 1. The van der Waals surface area contributed by atoms with Gasteiger partial charge in [0, 0.05) is 12.1 Å². The molecule has 0 fully saturated rings. The summed E-state index contributed by atoms with van der Waals surface area (Å²) < 4.78 is 12.7. The first-order valence-corrected chi connectivity index (χ1v) is 7.67. The number of amides is 1. The van der Waals surface area contributed by atoms with E-state index in [0.717, 1.165) is 18.8 Å². The lowest BCUT2D eigenvalue weighted by atomic mass is 10.0. The van der Waals surface area contributed by atoms with Crippen molar-refractivity contribution in [3.05, 3.63) is 35.6 Å². The number of rotatable bonds is 9. The summed E-state index contributed by atoms with van der Waals surface area (Å²) in [5.41, 5.74) is 0.517. The lowest BCUT2D eigenvalue weighted by Crippen LogP contribution is -2.24. The predicted molar refractivity (Wildman–Crippen MR) is 81.3 cm³/mol. The van der Waals surface area contributed by atoms with Gasteiger partial charge in [0.1, 0.15) is 5.82 Å². The summed E-state index contributed by atoms with van der Waals surface area (Å²) in [6.45, 7) is 5.22. The Morgan fingerprint density at radius 1 is 1.15 bits per heavy atom. The fraction of sp³-hybridized carbons (Fsp3) is 0.588. The molecule has 1 atom stereocenters. The molecule has 0 saturated carbocycles. The highest BCUT2D eigenvalue weighted by atomic mass is 19.1. The molecule has 0 aliphatic carbocycles. The van der Waals surface area contributed by atoms with E-state index < -0.39 is 0 Å². The van der Waals surface area contributed by atoms with Crippen molar-refractivity contribution in [1.29, 1.82) is 0 Å². The Hall–Kier alpha value is -1.38. The molecular weight excluding hydrogens is 253 g/mol. The van der Waals surface area contributed by atoms with Gasteiger partial charge in [-0.2, -0.15) is 0 Å². The van der Waals surface area contributed by atoms with Crippen LogP contribution < -0.4 is 5.32 Å². The number of benzene rings is 1. The summed E-state index contributed by atoms with van der Waals surface area (Å²) in [4.78, 5) is 11.7. The van der Waals surface area contributed by atoms with Gasteiger partial charge >= 0.3 is 0 Å². The highest BCUT2D eigenvalue weighted by molar-refractivity contribution is 5.94. The molecule has 20 heavy (non-hydrogen) atoms. The molecule has 1 amide bonds. The molecule has 1 N–H and O–H groups in total. The molecule has 0 aliphatic rings. The van der Waals surface area contributed by atoms with Crippen molar-refractivity contribution in [1.82, 2.24) is 5.32 Å². The van der Waals surface area contributed by atoms with Crippen LogP contribution in [0.15, 0.2) is 24.3 Å². The molecular formula is C17H26FNO. The van der Waals surface area contributed by atoms with Gasteiger partial charge in [0.15, 0.2) is 0 Å². The van der Waals surface area contributed by atoms with Gasteiger partial charge in [-0.05, 0) is 36.6 Å². The molecule has 3 heteroatoms. The molecule has 1 unspecified atom stereocenters. The van der Waals surface area contributed by atoms with Crippen LogP contribution in [0.25, 0.3) is 0 Å². The SMILES string of the molecule is CCC(C)CCCCCCNC(=O)c1ccc(F)cc1. The summed E-state index contributed by atoms with van der Waals surface area (Å²) in [6.07, 6.45) is 7.23. The van der Waals surface area contributed by atoms with Gasteiger partial charge < -0.3 is 5.32 Å². The molecule has 1 aromatic rings. The summed E-state index contributed by atoms with van der Waals surface area (Å²) in [5.74, 6) is 0.389. The zero-order valence-electron chi connectivity index (χ0n) is 12.6. The second kappa shape index (κ2) is 9.51. The fourth-order valence-corrected chi connectivity index (χ4v) is 2.08. The number of unbranched alkanes of at least 4 members (excludes halogenated alkanes) is 3. The van der Waals surface area contributed by atoms with Crippen LogP contribution in [0.3, 0.4) is 0 Å². The molecule has 1 rings (SSSR count). The number of carbonyl (C=O) groups excluding carboxylic acids is 1. The van der Waals surface area contributed by atoms with E-state index in [-0.39, 0.29) is 11.7 Å². The summed E-state index contributed by atoms with van der Waals surface area (Å²) >= 11 is 0. The number of hydrogen-bond acceptors (Lipinski definition) is 1. The van der Waals surface area contributed by atoms with Crippen LogP contribution in [0, 0.1) is 11.7 Å². The average molecular weight is 279 g/mol. The van der Waals surface area contributed by atoms with Crippen LogP contribution >= 0.6 is 0 Å². The van der Waals surface area contributed by atoms with Crippen molar-refractivity contribution < 1.29 is 9.18 Å². The van der Waals surface area contributed by atoms with Gasteiger partial charge in [-0.3, -0.25) is 4.79 Å². The number of carbonyl (C=O) groups is 1. The van der Waals surface area contributed by atoms with Gasteiger partial charge in [0.25, 0.3) is 5.91 Å². The summed E-state index contributed by atoms with van der Waals surface area (Å²) in [6, 6.07) is 5.64. The maximum Gasteiger partial charge on any atom is 0.251 e. The maximum absolute atomic E-state index is 12.7. The normalized spacial score (nSPS) is 12.2. The van der Waals surface area contributed by atoms with Gasteiger partial charge in [0.2, 0.25) is 0 Å². The minimum absolute atomic E-state index is 0.121. The maximum atomic E-state index is 12.7. The van der Waals surface area contributed by atoms with Gasteiger partial charge in [-0.25, -0.2) is 4.39 Å². The molecule has 0 radical (unpaired) electrons. The van der Waals surface area contributed by atoms with E-state index in [4.69, 9.17) is 0 Å². The second-order valence-corrected chi connectivity index (χ2v) is 5.48. The minimum Gasteiger partial charge on any atom is -0.352 e. The molecule has 0 aromatic heterocycles. The molecule has 0 aliphatic heterocycles. The van der Waals surface area contributed by atoms with E-state index in [2.05, 4.69) is 19.2 Å². The Morgan fingerprint density at radius 2 is 1.80 bits per heavy atom. The molecule has 0 spiro atoms. The Labute approximate surface area is 121 Å². The zero-order chi connectivity index (χ0) is 14.8. The van der Waals surface area contributed by atoms with Crippen molar-refractivity contribution in [2.24, 2.45) is 5.92 Å². The predicted octanol–water partition coefficient (Wildman–Crippen LogP) is 4.55. The third-order valence-electron chi connectivity index (χ3n) is 3.71. The third-order valence-corrected chi connectivity index (χ3v) is 3.71. The summed E-state index contributed by atoms with van der Waals surface area (Å²) in [5, 5.41) is 2.87. The molecule has 1 aromatic carbocycles. The third kappa shape index (κ3) is 6.69. The topological polar surface area (TPSA) is 29.1 Å². The van der Waals surface area contributed by atoms with Crippen molar-refractivity contribution in [2.45, 2.75) is 52.4 Å². The molecule has 0 saturated heterocycles. The van der Waals surface area contributed by atoms with Crippen LogP contribution in [0.5, 0.6) is 0 Å². The monoisotopic (exact) mass is 279 g/mol. The van der Waals surface area contributed by atoms with Crippen molar-refractivity contribution in [2.75, 3.05) is 6.54 Å². The highest BCUT2D eigenvalue weighted by Gasteiger charge is 2.04. The van der Waals surface area contributed by atoms with E-state index in [0.29, 0.717) is 12.1 Å². The Kier molecular flexibility index (Phi) is 7.93. The largest absolute Gasteiger partial charge is 0.352 e. The van der Waals surface area contributed by atoms with Gasteiger partial charge in [-0.1, -0.05) is 46.0 Å². The number of hydrogen-bond donors (Lipinski definition) is 1. The van der Waals surface area contributed by atoms with Crippen molar-refractivity contribution >= 4 is 5.91 Å². The molecule has 2 nitrogen and oxygen atoms in total. The second-order valence-electron chi connectivity index (χ2n) is 5.48. The standard InChI is InChI=1S/C17H26FNO/c1-3-14(2)8-6-4-5-7-13-19-17(20)15-9-11-16(18)12-10-15/h9-12,14H,3-8,13H2,1-2H3,(H,19,20). The zero-order valence-corrected chi connectivity index (χ0v) is 12.6. The van der Waals surface area contributed by atoms with E-state index in [1.54, 1.807) is 0 Å². The van der Waals surface area contributed by atoms with Crippen molar-refractivity contribution in [3.8, 4) is 0 Å². The van der Waals surface area contributed by atoms with Gasteiger partial charge in [0.05, 0.1) is 0 Å². The van der Waals surface area contributed by atoms with E-state index in [1.165, 1.54) is 49.9 Å². The van der Waals surface area contributed by atoms with Crippen LogP contribution in [0.1, 0.15) is 62.7 Å². The van der Waals surface area contributed by atoms with E-state index in [1.807, 2.05) is 0 Å². The average Bonchev–Trinajstić information content (AvgIpc) is 2.46. The summed E-state index contributed by atoms with van der Waals surface area (Å²) in [7, 11) is 0.